The van der Waals surface area contributed by atoms with Gasteiger partial charge >= 0.3 is 6.09 Å². The molecule has 20 nitrogen and oxygen atoms in total. The molecule has 2 aromatic heterocycles. The lowest BCUT2D eigenvalue weighted by molar-refractivity contribution is 0.0484. The van der Waals surface area contributed by atoms with Crippen molar-refractivity contribution >= 4 is 43.1 Å². The van der Waals surface area contributed by atoms with Crippen molar-refractivity contribution in [1.82, 2.24) is 44.5 Å². The van der Waals surface area contributed by atoms with Crippen molar-refractivity contribution in [2.45, 2.75) is 61.8 Å². The third kappa shape index (κ3) is 11.3. The summed E-state index contributed by atoms with van der Waals surface area (Å²) in [6.45, 7) is 3.26. The SMILES string of the molecule is COc1ccc(CN(Cc2ccc(OC)cc2)S(=O)(=O)c2c(S(=O)(=O)NC[C@H](CO)NC(=O)OC(C)(C)C)ccc(-c3cccc4[nH]c(N)nc34)c2-c2nnn(Cc3ccc(OC)cc3)n2)cc1. The number of nitrogens with two attached hydrogens (primary N) is 1. The number of alkyl carbamates (subject to hydrolysis) is 1. The summed E-state index contributed by atoms with van der Waals surface area (Å²) in [5.74, 6) is 1.54. The Kier molecular flexibility index (Phi) is 14.6. The van der Waals surface area contributed by atoms with Gasteiger partial charge in [-0.3, -0.25) is 0 Å². The van der Waals surface area contributed by atoms with Gasteiger partial charge in [0.2, 0.25) is 25.9 Å². The van der Waals surface area contributed by atoms with Crippen LogP contribution in [0.15, 0.2) is 113 Å². The number of nitrogens with one attached hydrogen (secondary N) is 3. The van der Waals surface area contributed by atoms with E-state index in [1.165, 1.54) is 31.1 Å². The highest BCUT2D eigenvalue weighted by Crippen LogP contribution is 2.43. The number of methoxy groups -OCH3 is 3. The first-order chi connectivity index (χ1) is 32.4. The molecule has 0 fully saturated rings. The van der Waals surface area contributed by atoms with Gasteiger partial charge in [0.05, 0.1) is 57.1 Å². The van der Waals surface area contributed by atoms with Crippen LogP contribution in [0.25, 0.3) is 33.5 Å². The lowest BCUT2D eigenvalue weighted by Crippen LogP contribution is -2.47. The minimum absolute atomic E-state index is 0.0809. The van der Waals surface area contributed by atoms with E-state index in [4.69, 9.17) is 29.8 Å². The van der Waals surface area contributed by atoms with Crippen molar-refractivity contribution in [3.05, 3.63) is 120 Å². The molecule has 6 N–H and O–H groups in total. The Morgan fingerprint density at radius 3 is 1.93 bits per heavy atom. The number of aromatic nitrogens is 6. The number of ether oxygens (including phenoxy) is 4. The largest absolute Gasteiger partial charge is 0.497 e. The molecule has 358 valence electrons. The zero-order valence-electron chi connectivity index (χ0n) is 38.1. The number of sulfonamides is 2. The summed E-state index contributed by atoms with van der Waals surface area (Å²) < 4.78 is 86.9. The average Bonchev–Trinajstić information content (AvgIpc) is 3.95. The number of anilines is 1. The molecule has 68 heavy (non-hydrogen) atoms. The minimum atomic E-state index is -5.01. The zero-order chi connectivity index (χ0) is 48.8. The lowest BCUT2D eigenvalue weighted by Gasteiger charge is -2.26. The highest BCUT2D eigenvalue weighted by atomic mass is 32.2. The second kappa shape index (κ2) is 20.4. The number of benzene rings is 5. The smallest absolute Gasteiger partial charge is 0.407 e. The summed E-state index contributed by atoms with van der Waals surface area (Å²) in [7, 11) is -5.34. The molecule has 0 aliphatic heterocycles. The molecule has 0 saturated heterocycles. The van der Waals surface area contributed by atoms with Crippen molar-refractivity contribution in [3.63, 3.8) is 0 Å². The molecule has 22 heteroatoms. The minimum Gasteiger partial charge on any atom is -0.497 e. The molecule has 7 aromatic rings. The first-order valence-corrected chi connectivity index (χ1v) is 24.0. The predicted octanol–water partition coefficient (Wildman–Crippen LogP) is 5.09. The van der Waals surface area contributed by atoms with Crippen LogP contribution in [-0.4, -0.2) is 109 Å². The van der Waals surface area contributed by atoms with E-state index in [0.717, 1.165) is 9.87 Å². The first kappa shape index (κ1) is 48.8. The van der Waals surface area contributed by atoms with Crippen LogP contribution < -0.4 is 30.0 Å². The lowest BCUT2D eigenvalue weighted by atomic mass is 9.98. The number of tetrazole rings is 1. The van der Waals surface area contributed by atoms with Crippen LogP contribution in [0.5, 0.6) is 17.2 Å². The van der Waals surface area contributed by atoms with Crippen molar-refractivity contribution in [1.29, 1.82) is 0 Å². The molecule has 0 unspecified atom stereocenters. The Morgan fingerprint density at radius 2 is 1.38 bits per heavy atom. The number of aromatic amines is 1. The molecule has 1 atom stereocenters. The highest BCUT2D eigenvalue weighted by molar-refractivity contribution is 7.92. The zero-order valence-corrected chi connectivity index (χ0v) is 39.8. The maximum Gasteiger partial charge on any atom is 0.407 e. The molecule has 0 bridgehead atoms. The second-order valence-corrected chi connectivity index (χ2v) is 20.1. The van der Waals surface area contributed by atoms with Gasteiger partial charge in [0.15, 0.2) is 5.95 Å². The molecule has 0 radical (unpaired) electrons. The number of carbonyl (C=O) groups excluding carboxylic acids is 1. The van der Waals surface area contributed by atoms with Crippen molar-refractivity contribution in [2.75, 3.05) is 40.2 Å². The fraction of sp³-hybridized carbons (Fsp3) is 0.283. The van der Waals surface area contributed by atoms with Gasteiger partial charge in [-0.1, -0.05) is 54.6 Å². The van der Waals surface area contributed by atoms with Crippen LogP contribution >= 0.6 is 0 Å². The molecule has 0 aliphatic rings. The predicted molar refractivity (Wildman–Crippen MR) is 253 cm³/mol. The standard InChI is InChI=1S/C46H52N10O10S2/c1-46(2,3)66-45(58)49-32(28-57)24-48-67(59,60)39-23-22-36(37-8-7-9-38-41(37)51-44(47)50-38)40(43-52-54-56(53-43)27-31-14-20-35(65-6)21-15-31)42(39)68(61,62)55(25-29-10-16-33(63-4)17-11-29)26-30-12-18-34(64-5)19-13-30/h7-23,32,48,57H,24-28H2,1-6H3,(H,49,58)(H3,47,50,51)/t32-/m1/s1. The van der Waals surface area contributed by atoms with Crippen molar-refractivity contribution in [3.8, 4) is 39.8 Å². The fourth-order valence-corrected chi connectivity index (χ4v) is 10.7. The number of hydrogen-bond donors (Lipinski definition) is 5. The van der Waals surface area contributed by atoms with Crippen LogP contribution in [0, 0.1) is 0 Å². The second-order valence-electron chi connectivity index (χ2n) is 16.5. The average molecular weight is 969 g/mol. The molecule has 0 aliphatic carbocycles. The Hall–Kier alpha value is -7.11. The Labute approximate surface area is 393 Å². The van der Waals surface area contributed by atoms with Crippen LogP contribution in [0.4, 0.5) is 10.7 Å². The third-order valence-corrected chi connectivity index (χ3v) is 14.0. The number of carbonyl (C=O) groups is 1. The summed E-state index contributed by atoms with van der Waals surface area (Å²) in [6, 6.07) is 27.2. The molecule has 5 aromatic carbocycles. The number of rotatable bonds is 19. The number of imidazole rings is 1. The van der Waals surface area contributed by atoms with Gasteiger partial charge in [-0.15, -0.1) is 10.2 Å². The molecule has 2 heterocycles. The van der Waals surface area contributed by atoms with E-state index in [9.17, 15) is 18.3 Å². The van der Waals surface area contributed by atoms with Crippen LogP contribution in [0.2, 0.25) is 0 Å². The quantitative estimate of drug-likeness (QED) is 0.0706. The monoisotopic (exact) mass is 968 g/mol. The van der Waals surface area contributed by atoms with E-state index < -0.39 is 60.7 Å². The van der Waals surface area contributed by atoms with Crippen LogP contribution in [0.3, 0.4) is 0 Å². The number of aliphatic hydroxyl groups is 1. The van der Waals surface area contributed by atoms with E-state index in [0.29, 0.717) is 45.0 Å². The van der Waals surface area contributed by atoms with Crippen LogP contribution in [-0.2, 0) is 44.4 Å². The summed E-state index contributed by atoms with van der Waals surface area (Å²) in [5, 5.41) is 26.1. The van der Waals surface area contributed by atoms with Gasteiger partial charge < -0.3 is 40.1 Å². The molecular weight excluding hydrogens is 917 g/mol. The summed E-state index contributed by atoms with van der Waals surface area (Å²) in [4.78, 5) is 20.1. The molecular formula is C46H52N10O10S2. The number of fused-ring (bicyclic) bond motifs is 1. The number of nitrogen functional groups attached to an aromatic ring is 1. The summed E-state index contributed by atoms with van der Waals surface area (Å²) in [5.41, 5.74) is 8.27. The number of H-pyrrole nitrogens is 1. The Balaban J connectivity index is 1.47. The van der Waals surface area contributed by atoms with Gasteiger partial charge in [-0.2, -0.15) is 9.10 Å². The van der Waals surface area contributed by atoms with Gasteiger partial charge in [0, 0.05) is 25.2 Å². The molecule has 0 saturated carbocycles. The number of amides is 1. The van der Waals surface area contributed by atoms with Crippen molar-refractivity contribution < 1.29 is 45.7 Å². The number of para-hydroxylation sites is 1. The fourth-order valence-electron chi connectivity index (χ4n) is 7.20. The maximum atomic E-state index is 16.1. The summed E-state index contributed by atoms with van der Waals surface area (Å²) >= 11 is 0. The van der Waals surface area contributed by atoms with Gasteiger partial charge in [0.25, 0.3) is 0 Å². The van der Waals surface area contributed by atoms with Gasteiger partial charge in [0.1, 0.15) is 32.6 Å². The molecule has 7 rings (SSSR count). The maximum absolute atomic E-state index is 16.1. The van der Waals surface area contributed by atoms with E-state index in [-0.39, 0.29) is 42.5 Å². The third-order valence-electron chi connectivity index (χ3n) is 10.5. The van der Waals surface area contributed by atoms with Gasteiger partial charge in [-0.05, 0) is 96.8 Å². The topological polar surface area (TPSA) is 268 Å². The number of aliphatic hydroxyl groups excluding tert-OH is 1. The van der Waals surface area contributed by atoms with Gasteiger partial charge in [-0.25, -0.2) is 31.3 Å². The van der Waals surface area contributed by atoms with Crippen LogP contribution in [0.1, 0.15) is 37.5 Å². The number of nitrogens with zero attached hydrogens (tertiary/aromatic N) is 6. The Bertz CT molecular complexity index is 3050. The molecule has 0 spiro atoms. The summed E-state index contributed by atoms with van der Waals surface area (Å²) in [6.07, 6.45) is -0.907. The van der Waals surface area contributed by atoms with Crippen molar-refractivity contribution in [2.24, 2.45) is 0 Å². The molecule has 1 amide bonds. The van der Waals surface area contributed by atoms with E-state index in [2.05, 4.69) is 30.3 Å². The van der Waals surface area contributed by atoms with E-state index in [1.807, 2.05) is 0 Å². The van der Waals surface area contributed by atoms with E-state index >= 15 is 8.42 Å². The first-order valence-electron chi connectivity index (χ1n) is 21.1. The number of hydrogen-bond acceptors (Lipinski definition) is 15. The van der Waals surface area contributed by atoms with E-state index in [1.54, 1.807) is 119 Å². The highest BCUT2D eigenvalue weighted by Gasteiger charge is 2.38. The Morgan fingerprint density at radius 1 is 0.809 bits per heavy atom. The normalized spacial score (nSPS) is 12.5.